The van der Waals surface area contributed by atoms with Gasteiger partial charge in [-0.2, -0.15) is 0 Å². The Morgan fingerprint density at radius 2 is 2.42 bits per heavy atom. The summed E-state index contributed by atoms with van der Waals surface area (Å²) >= 11 is 0. The number of carbonyl (C=O) groups excluding carboxylic acids is 1. The quantitative estimate of drug-likeness (QED) is 0.502. The summed E-state index contributed by atoms with van der Waals surface area (Å²) in [4.78, 5) is 15.2. The van der Waals surface area contributed by atoms with Crippen molar-refractivity contribution in [3.8, 4) is 0 Å². The predicted molar refractivity (Wildman–Crippen MR) is 48.0 cm³/mol. The molecule has 0 unspecified atom stereocenters. The molecule has 62 valence electrons. The topological polar surface area (TPSA) is 30.0 Å². The molecule has 0 saturated carbocycles. The highest BCUT2D eigenvalue weighted by Crippen LogP contribution is 2.05. The minimum atomic E-state index is 0.0793. The fraction of sp³-hybridized carbons (Fsp3) is 0.200. The van der Waals surface area contributed by atoms with E-state index < -0.39 is 0 Å². The highest BCUT2D eigenvalue weighted by atomic mass is 16.1. The number of nitrogens with zero attached hydrogens (tertiary/aromatic N) is 1. The van der Waals surface area contributed by atoms with Gasteiger partial charge in [0.15, 0.2) is 5.78 Å². The lowest BCUT2D eigenvalue weighted by molar-refractivity contribution is 0.0993. The van der Waals surface area contributed by atoms with Crippen molar-refractivity contribution >= 4 is 5.78 Å². The fourth-order valence-electron chi connectivity index (χ4n) is 0.904. The molecule has 0 saturated heterocycles. The van der Waals surface area contributed by atoms with Crippen LogP contribution in [0.2, 0.25) is 0 Å². The van der Waals surface area contributed by atoms with Crippen LogP contribution < -0.4 is 0 Å². The van der Waals surface area contributed by atoms with Gasteiger partial charge in [0, 0.05) is 24.4 Å². The Balaban J connectivity index is 2.73. The molecule has 0 aliphatic heterocycles. The van der Waals surface area contributed by atoms with Crippen molar-refractivity contribution in [2.24, 2.45) is 0 Å². The van der Waals surface area contributed by atoms with E-state index >= 15 is 0 Å². The Morgan fingerprint density at radius 1 is 1.67 bits per heavy atom. The molecule has 12 heavy (non-hydrogen) atoms. The lowest BCUT2D eigenvalue weighted by atomic mass is 10.1. The summed E-state index contributed by atoms with van der Waals surface area (Å²) < 4.78 is 0. The van der Waals surface area contributed by atoms with E-state index in [-0.39, 0.29) is 5.78 Å². The summed E-state index contributed by atoms with van der Waals surface area (Å²) in [6, 6.07) is 3.52. The van der Waals surface area contributed by atoms with Crippen molar-refractivity contribution in [1.82, 2.24) is 4.98 Å². The molecule has 1 rings (SSSR count). The summed E-state index contributed by atoms with van der Waals surface area (Å²) in [5, 5.41) is 0. The molecule has 0 spiro atoms. The molecule has 0 radical (unpaired) electrons. The standard InChI is InChI=1S/C10H11NO/c1-8(2)6-10(12)9-4-3-5-11-7-9/h3-5,7H,1,6H2,2H3. The van der Waals surface area contributed by atoms with E-state index in [0.717, 1.165) is 5.57 Å². The molecule has 0 aromatic carbocycles. The first kappa shape index (κ1) is 8.65. The molecule has 0 aliphatic carbocycles. The van der Waals surface area contributed by atoms with Gasteiger partial charge in [0.1, 0.15) is 0 Å². The van der Waals surface area contributed by atoms with Crippen LogP contribution in [0.4, 0.5) is 0 Å². The second kappa shape index (κ2) is 3.81. The van der Waals surface area contributed by atoms with Gasteiger partial charge in [-0.25, -0.2) is 0 Å². The molecule has 0 amide bonds. The number of aromatic nitrogens is 1. The first-order valence-corrected chi connectivity index (χ1v) is 3.78. The maximum absolute atomic E-state index is 11.4. The number of allylic oxidation sites excluding steroid dienone is 1. The van der Waals surface area contributed by atoms with Crippen molar-refractivity contribution in [1.29, 1.82) is 0 Å². The van der Waals surface area contributed by atoms with E-state index in [1.54, 1.807) is 24.5 Å². The summed E-state index contributed by atoms with van der Waals surface area (Å²) in [7, 11) is 0. The molecule has 0 bridgehead atoms. The minimum absolute atomic E-state index is 0.0793. The molecule has 2 nitrogen and oxygen atoms in total. The Hall–Kier alpha value is -1.44. The van der Waals surface area contributed by atoms with Gasteiger partial charge in [0.25, 0.3) is 0 Å². The average Bonchev–Trinajstić information content (AvgIpc) is 2.05. The molecule has 1 aromatic heterocycles. The van der Waals surface area contributed by atoms with Gasteiger partial charge >= 0.3 is 0 Å². The van der Waals surface area contributed by atoms with E-state index in [1.807, 2.05) is 6.92 Å². The van der Waals surface area contributed by atoms with E-state index in [0.29, 0.717) is 12.0 Å². The van der Waals surface area contributed by atoms with Crippen LogP contribution in [0.5, 0.6) is 0 Å². The first-order valence-electron chi connectivity index (χ1n) is 3.78. The van der Waals surface area contributed by atoms with Crippen molar-refractivity contribution in [3.05, 3.63) is 42.2 Å². The van der Waals surface area contributed by atoms with Gasteiger partial charge in [-0.1, -0.05) is 12.2 Å². The molecule has 0 fully saturated rings. The van der Waals surface area contributed by atoms with E-state index in [9.17, 15) is 4.79 Å². The van der Waals surface area contributed by atoms with Crippen LogP contribution in [0.15, 0.2) is 36.7 Å². The normalized spacial score (nSPS) is 9.42. The number of hydrogen-bond acceptors (Lipinski definition) is 2. The van der Waals surface area contributed by atoms with Gasteiger partial charge < -0.3 is 0 Å². The third kappa shape index (κ3) is 2.31. The highest BCUT2D eigenvalue weighted by Gasteiger charge is 2.04. The zero-order valence-electron chi connectivity index (χ0n) is 7.08. The summed E-state index contributed by atoms with van der Waals surface area (Å²) in [5.41, 5.74) is 1.53. The monoisotopic (exact) mass is 161 g/mol. The second-order valence-electron chi connectivity index (χ2n) is 2.80. The highest BCUT2D eigenvalue weighted by molar-refractivity contribution is 5.97. The number of rotatable bonds is 3. The van der Waals surface area contributed by atoms with Crippen LogP contribution in [0.1, 0.15) is 23.7 Å². The number of hydrogen-bond donors (Lipinski definition) is 0. The third-order valence-corrected chi connectivity index (χ3v) is 1.45. The second-order valence-corrected chi connectivity index (χ2v) is 2.80. The van der Waals surface area contributed by atoms with E-state index in [2.05, 4.69) is 11.6 Å². The van der Waals surface area contributed by atoms with Crippen molar-refractivity contribution in [3.63, 3.8) is 0 Å². The third-order valence-electron chi connectivity index (χ3n) is 1.45. The fourth-order valence-corrected chi connectivity index (χ4v) is 0.904. The van der Waals surface area contributed by atoms with Crippen LogP contribution >= 0.6 is 0 Å². The lowest BCUT2D eigenvalue weighted by Crippen LogP contribution is -1.99. The lowest BCUT2D eigenvalue weighted by Gasteiger charge is -1.97. The predicted octanol–water partition coefficient (Wildman–Crippen LogP) is 2.23. The molecule has 1 aromatic rings. The molecule has 1 heterocycles. The molecule has 0 aliphatic rings. The Labute approximate surface area is 71.9 Å². The van der Waals surface area contributed by atoms with Crippen molar-refractivity contribution in [2.45, 2.75) is 13.3 Å². The molecule has 0 N–H and O–H groups in total. The Morgan fingerprint density at radius 3 is 2.92 bits per heavy atom. The molecule has 0 atom stereocenters. The summed E-state index contributed by atoms with van der Waals surface area (Å²) in [6.07, 6.45) is 3.63. The number of carbonyl (C=O) groups is 1. The van der Waals surface area contributed by atoms with Crippen LogP contribution in [-0.2, 0) is 0 Å². The maximum atomic E-state index is 11.4. The van der Waals surface area contributed by atoms with Gasteiger partial charge in [-0.15, -0.1) is 0 Å². The van der Waals surface area contributed by atoms with E-state index in [1.165, 1.54) is 0 Å². The minimum Gasteiger partial charge on any atom is -0.294 e. The first-order chi connectivity index (χ1) is 5.70. The smallest absolute Gasteiger partial charge is 0.168 e. The Kier molecular flexibility index (Phi) is 2.75. The van der Waals surface area contributed by atoms with Crippen LogP contribution in [0.3, 0.4) is 0 Å². The zero-order valence-corrected chi connectivity index (χ0v) is 7.08. The largest absolute Gasteiger partial charge is 0.294 e. The SMILES string of the molecule is C=C(C)CC(=O)c1cccnc1. The van der Waals surface area contributed by atoms with Gasteiger partial charge in [0.05, 0.1) is 0 Å². The maximum Gasteiger partial charge on any atom is 0.168 e. The van der Waals surface area contributed by atoms with Crippen molar-refractivity contribution < 1.29 is 4.79 Å². The van der Waals surface area contributed by atoms with Crippen LogP contribution in [-0.4, -0.2) is 10.8 Å². The molecular weight excluding hydrogens is 150 g/mol. The van der Waals surface area contributed by atoms with Crippen LogP contribution in [0, 0.1) is 0 Å². The van der Waals surface area contributed by atoms with E-state index in [4.69, 9.17) is 0 Å². The van der Waals surface area contributed by atoms with Gasteiger partial charge in [0.2, 0.25) is 0 Å². The number of pyridine rings is 1. The van der Waals surface area contributed by atoms with Gasteiger partial charge in [-0.05, 0) is 19.1 Å². The molecular formula is C10H11NO. The van der Waals surface area contributed by atoms with Crippen LogP contribution in [0.25, 0.3) is 0 Å². The number of ketones is 1. The van der Waals surface area contributed by atoms with Gasteiger partial charge in [-0.3, -0.25) is 9.78 Å². The number of Topliss-reactive ketones (excluding diaryl/α,β-unsaturated/α-hetero) is 1. The average molecular weight is 161 g/mol. The van der Waals surface area contributed by atoms with Crippen molar-refractivity contribution in [2.75, 3.05) is 0 Å². The summed E-state index contributed by atoms with van der Waals surface area (Å²) in [5.74, 6) is 0.0793. The Bertz CT molecular complexity index is 290. The molecule has 2 heteroatoms. The zero-order chi connectivity index (χ0) is 8.97. The summed E-state index contributed by atoms with van der Waals surface area (Å²) in [6.45, 7) is 5.52.